The van der Waals surface area contributed by atoms with Crippen LogP contribution in [0, 0.1) is 5.41 Å². The molecule has 0 aliphatic rings. The highest BCUT2D eigenvalue weighted by Crippen LogP contribution is 2.08. The van der Waals surface area contributed by atoms with E-state index in [0.29, 0.717) is 11.3 Å². The van der Waals surface area contributed by atoms with Crippen molar-refractivity contribution in [3.63, 3.8) is 0 Å². The van der Waals surface area contributed by atoms with E-state index in [-0.39, 0.29) is 18.8 Å². The molecule has 0 fully saturated rings. The number of carbonyl (C=O) groups excluding carboxylic acids is 2. The van der Waals surface area contributed by atoms with Gasteiger partial charge in [-0.3, -0.25) is 19.8 Å². The maximum Gasteiger partial charge on any atom is 0.305 e. The fourth-order valence-corrected chi connectivity index (χ4v) is 1.42. The Balaban J connectivity index is 2.44. The number of anilines is 1. The third kappa shape index (κ3) is 6.33. The van der Waals surface area contributed by atoms with E-state index in [9.17, 15) is 14.4 Å². The van der Waals surface area contributed by atoms with Crippen LogP contribution in [-0.2, 0) is 14.4 Å². The zero-order valence-corrected chi connectivity index (χ0v) is 11.6. The highest BCUT2D eigenvalue weighted by molar-refractivity contribution is 6.03. The number of aliphatic carboxylic acids is 1. The molecule has 116 valence electrons. The largest absolute Gasteiger partial charge is 0.481 e. The van der Waals surface area contributed by atoms with Crippen molar-refractivity contribution in [1.29, 1.82) is 5.41 Å². The summed E-state index contributed by atoms with van der Waals surface area (Å²) < 4.78 is 0. The molecule has 0 atom stereocenters. The molecule has 8 heteroatoms. The number of nitrogens with two attached hydrogens (primary N) is 1. The van der Waals surface area contributed by atoms with Crippen LogP contribution < -0.4 is 16.4 Å². The van der Waals surface area contributed by atoms with Gasteiger partial charge in [0.1, 0.15) is 5.84 Å². The molecule has 0 spiro atoms. The molecule has 0 saturated carbocycles. The first kappa shape index (κ1) is 16.9. The maximum atomic E-state index is 11.6. The Morgan fingerprint density at radius 1 is 1.14 bits per heavy atom. The van der Waals surface area contributed by atoms with Crippen molar-refractivity contribution in [3.05, 3.63) is 42.0 Å². The van der Waals surface area contributed by atoms with Crippen molar-refractivity contribution >= 4 is 29.3 Å². The minimum absolute atomic E-state index is 0.00731. The summed E-state index contributed by atoms with van der Waals surface area (Å²) in [4.78, 5) is 33.1. The molecule has 0 radical (unpaired) electrons. The normalized spacial score (nSPS) is 10.2. The molecule has 6 N–H and O–H groups in total. The quantitative estimate of drug-likeness (QED) is 0.274. The lowest BCUT2D eigenvalue weighted by Crippen LogP contribution is -2.24. The number of nitrogen functional groups attached to an aromatic ring is 1. The Morgan fingerprint density at radius 3 is 2.27 bits per heavy atom. The highest BCUT2D eigenvalue weighted by atomic mass is 16.4. The lowest BCUT2D eigenvalue weighted by molar-refractivity contribution is -0.136. The minimum atomic E-state index is -1.02. The number of amides is 2. The summed E-state index contributed by atoms with van der Waals surface area (Å²) in [6, 6.07) is 6.32. The summed E-state index contributed by atoms with van der Waals surface area (Å²) >= 11 is 0. The Hall–Kier alpha value is -3.16. The van der Waals surface area contributed by atoms with Crippen LogP contribution in [0.15, 0.2) is 36.4 Å². The molecule has 0 unspecified atom stereocenters. The zero-order chi connectivity index (χ0) is 16.5. The molecule has 0 saturated heterocycles. The van der Waals surface area contributed by atoms with E-state index in [1.165, 1.54) is 0 Å². The highest BCUT2D eigenvalue weighted by Gasteiger charge is 2.02. The predicted octanol–water partition coefficient (Wildman–Crippen LogP) is 0.0563. The third-order valence-electron chi connectivity index (χ3n) is 2.49. The number of benzene rings is 1. The van der Waals surface area contributed by atoms with E-state index in [2.05, 4.69) is 10.6 Å². The van der Waals surface area contributed by atoms with Crippen LogP contribution in [0.1, 0.15) is 12.0 Å². The first-order valence-corrected chi connectivity index (χ1v) is 6.31. The minimum Gasteiger partial charge on any atom is -0.481 e. The van der Waals surface area contributed by atoms with Gasteiger partial charge in [-0.25, -0.2) is 0 Å². The smallest absolute Gasteiger partial charge is 0.305 e. The molecular weight excluding hydrogens is 288 g/mol. The number of hydrogen-bond acceptors (Lipinski definition) is 4. The number of hydrogen-bond donors (Lipinski definition) is 5. The summed E-state index contributed by atoms with van der Waals surface area (Å²) in [5.74, 6) is -2.15. The molecule has 0 aliphatic carbocycles. The first-order chi connectivity index (χ1) is 10.4. The van der Waals surface area contributed by atoms with Crippen LogP contribution in [-0.4, -0.2) is 35.3 Å². The molecule has 1 aromatic carbocycles. The maximum absolute atomic E-state index is 11.6. The van der Waals surface area contributed by atoms with E-state index >= 15 is 0 Å². The van der Waals surface area contributed by atoms with Gasteiger partial charge < -0.3 is 21.5 Å². The average Bonchev–Trinajstić information content (AvgIpc) is 2.45. The summed E-state index contributed by atoms with van der Waals surface area (Å²) in [6.07, 6.45) is 1.87. The molecule has 1 aromatic rings. The monoisotopic (exact) mass is 304 g/mol. The topological polar surface area (TPSA) is 145 Å². The van der Waals surface area contributed by atoms with E-state index in [1.807, 2.05) is 0 Å². The summed E-state index contributed by atoms with van der Waals surface area (Å²) in [5.41, 5.74) is 6.33. The van der Waals surface area contributed by atoms with Crippen molar-refractivity contribution in [3.8, 4) is 0 Å². The standard InChI is InChI=1S/C14H16N4O4/c15-14(16)9-1-3-10(4-2-9)18-12(20)6-5-11(19)17-8-7-13(21)22/h1-6H,7-8H2,(H3,15,16)(H,17,19)(H,18,20)(H,21,22). The first-order valence-electron chi connectivity index (χ1n) is 6.31. The molecular formula is C14H16N4O4. The van der Waals surface area contributed by atoms with Crippen molar-refractivity contribution in [2.75, 3.05) is 11.9 Å². The van der Waals surface area contributed by atoms with Gasteiger partial charge in [0.15, 0.2) is 0 Å². The second-order valence-electron chi connectivity index (χ2n) is 4.25. The van der Waals surface area contributed by atoms with Crippen LogP contribution in [0.5, 0.6) is 0 Å². The van der Waals surface area contributed by atoms with Crippen LogP contribution >= 0.6 is 0 Å². The van der Waals surface area contributed by atoms with Gasteiger partial charge in [-0.05, 0) is 24.3 Å². The van der Waals surface area contributed by atoms with Gasteiger partial charge in [0.05, 0.1) is 6.42 Å². The van der Waals surface area contributed by atoms with E-state index in [4.69, 9.17) is 16.2 Å². The van der Waals surface area contributed by atoms with Gasteiger partial charge in [0, 0.05) is 29.9 Å². The average molecular weight is 304 g/mol. The molecule has 1 rings (SSSR count). The fraction of sp³-hybridized carbons (Fsp3) is 0.143. The Bertz CT molecular complexity index is 608. The molecule has 0 heterocycles. The van der Waals surface area contributed by atoms with Crippen LogP contribution in [0.3, 0.4) is 0 Å². The van der Waals surface area contributed by atoms with E-state index in [0.717, 1.165) is 12.2 Å². The number of rotatable bonds is 7. The van der Waals surface area contributed by atoms with Crippen LogP contribution in [0.25, 0.3) is 0 Å². The van der Waals surface area contributed by atoms with Crippen molar-refractivity contribution in [2.45, 2.75) is 6.42 Å². The van der Waals surface area contributed by atoms with E-state index < -0.39 is 17.8 Å². The van der Waals surface area contributed by atoms with Crippen molar-refractivity contribution in [1.82, 2.24) is 5.32 Å². The molecule has 8 nitrogen and oxygen atoms in total. The molecule has 0 aromatic heterocycles. The molecule has 2 amide bonds. The Kier molecular flexibility index (Phi) is 6.30. The SMILES string of the molecule is N=C(N)c1ccc(NC(=O)C=CC(=O)NCCC(=O)O)cc1. The van der Waals surface area contributed by atoms with Crippen molar-refractivity contribution in [2.24, 2.45) is 5.73 Å². The Labute approximate surface area is 126 Å². The second-order valence-corrected chi connectivity index (χ2v) is 4.25. The zero-order valence-electron chi connectivity index (χ0n) is 11.6. The van der Waals surface area contributed by atoms with Crippen LogP contribution in [0.4, 0.5) is 5.69 Å². The number of amidine groups is 1. The van der Waals surface area contributed by atoms with Crippen LogP contribution in [0.2, 0.25) is 0 Å². The van der Waals surface area contributed by atoms with Gasteiger partial charge in [0.2, 0.25) is 11.8 Å². The lowest BCUT2D eigenvalue weighted by Gasteiger charge is -2.03. The van der Waals surface area contributed by atoms with Gasteiger partial charge >= 0.3 is 5.97 Å². The van der Waals surface area contributed by atoms with Gasteiger partial charge in [-0.1, -0.05) is 0 Å². The van der Waals surface area contributed by atoms with E-state index in [1.54, 1.807) is 24.3 Å². The van der Waals surface area contributed by atoms with Crippen molar-refractivity contribution < 1.29 is 19.5 Å². The van der Waals surface area contributed by atoms with Gasteiger partial charge in [-0.2, -0.15) is 0 Å². The summed E-state index contributed by atoms with van der Waals surface area (Å²) in [7, 11) is 0. The van der Waals surface area contributed by atoms with Gasteiger partial charge in [-0.15, -0.1) is 0 Å². The number of nitrogens with one attached hydrogen (secondary N) is 3. The second kappa shape index (κ2) is 8.20. The predicted molar refractivity (Wildman–Crippen MR) is 80.5 cm³/mol. The van der Waals surface area contributed by atoms with Gasteiger partial charge in [0.25, 0.3) is 0 Å². The fourth-order valence-electron chi connectivity index (χ4n) is 1.42. The molecule has 22 heavy (non-hydrogen) atoms. The summed E-state index contributed by atoms with van der Waals surface area (Å²) in [5, 5.41) is 20.5. The number of carboxylic acids is 1. The molecule has 0 bridgehead atoms. The lowest BCUT2D eigenvalue weighted by atomic mass is 10.2. The number of carbonyl (C=O) groups is 3. The molecule has 0 aliphatic heterocycles. The number of carboxylic acid groups (broad SMARTS) is 1. The third-order valence-corrected chi connectivity index (χ3v) is 2.49. The Morgan fingerprint density at radius 2 is 1.73 bits per heavy atom. The summed E-state index contributed by atoms with van der Waals surface area (Å²) in [6.45, 7) is -0.00731.